The van der Waals surface area contributed by atoms with E-state index >= 15 is 0 Å². The summed E-state index contributed by atoms with van der Waals surface area (Å²) >= 11 is 0. The summed E-state index contributed by atoms with van der Waals surface area (Å²) < 4.78 is 0. The second kappa shape index (κ2) is 5.25. The zero-order valence-corrected chi connectivity index (χ0v) is 12.5. The number of benzene rings is 1. The third-order valence-electron chi connectivity index (χ3n) is 3.35. The number of hydrogen-bond acceptors (Lipinski definition) is 1. The summed E-state index contributed by atoms with van der Waals surface area (Å²) in [5.41, 5.74) is 8.17. The van der Waals surface area contributed by atoms with Crippen LogP contribution in [0.5, 0.6) is 0 Å². The van der Waals surface area contributed by atoms with Crippen molar-refractivity contribution >= 4 is 8.07 Å². The van der Waals surface area contributed by atoms with Crippen LogP contribution in [0, 0.1) is 5.92 Å². The standard InChI is InChI=1S/C16H22NSi/c1-18(2,3)16-9-8-15(11-16)10-13-4-6-14(12-17)7-5-13/h4-9,11H,10,12,17H2,1-3H3. The van der Waals surface area contributed by atoms with Gasteiger partial charge < -0.3 is 5.73 Å². The van der Waals surface area contributed by atoms with Gasteiger partial charge in [-0.05, 0) is 17.5 Å². The molecular weight excluding hydrogens is 234 g/mol. The van der Waals surface area contributed by atoms with Crippen molar-refractivity contribution in [3.8, 4) is 0 Å². The van der Waals surface area contributed by atoms with Crippen LogP contribution in [-0.4, -0.2) is 8.07 Å². The van der Waals surface area contributed by atoms with E-state index in [1.807, 2.05) is 0 Å². The van der Waals surface area contributed by atoms with E-state index in [-0.39, 0.29) is 0 Å². The molecule has 1 aromatic rings. The number of nitrogens with two attached hydrogens (primary N) is 1. The lowest BCUT2D eigenvalue weighted by atomic mass is 10.00. The van der Waals surface area contributed by atoms with E-state index in [0.29, 0.717) is 6.54 Å². The summed E-state index contributed by atoms with van der Waals surface area (Å²) in [5, 5.41) is 1.55. The minimum atomic E-state index is -1.16. The molecule has 0 bridgehead atoms. The molecule has 0 saturated carbocycles. The van der Waals surface area contributed by atoms with E-state index in [0.717, 1.165) is 6.42 Å². The highest BCUT2D eigenvalue weighted by molar-refractivity contribution is 6.83. The molecule has 2 N–H and O–H groups in total. The maximum atomic E-state index is 5.61. The predicted octanol–water partition coefficient (Wildman–Crippen LogP) is 3.64. The highest BCUT2D eigenvalue weighted by atomic mass is 28.3. The smallest absolute Gasteiger partial charge is 0.0772 e. The lowest BCUT2D eigenvalue weighted by Crippen LogP contribution is -2.21. The van der Waals surface area contributed by atoms with Crippen LogP contribution in [0.15, 0.2) is 47.7 Å². The predicted molar refractivity (Wildman–Crippen MR) is 81.8 cm³/mol. The van der Waals surface area contributed by atoms with Crippen LogP contribution < -0.4 is 5.73 Å². The second-order valence-corrected chi connectivity index (χ2v) is 11.0. The van der Waals surface area contributed by atoms with Gasteiger partial charge in [-0.15, -0.1) is 0 Å². The summed E-state index contributed by atoms with van der Waals surface area (Å²) in [5.74, 6) is 1.42. The van der Waals surface area contributed by atoms with Crippen molar-refractivity contribution in [3.63, 3.8) is 0 Å². The first-order valence-electron chi connectivity index (χ1n) is 6.53. The third kappa shape index (κ3) is 3.21. The first-order chi connectivity index (χ1) is 8.49. The van der Waals surface area contributed by atoms with E-state index in [1.54, 1.807) is 5.20 Å². The van der Waals surface area contributed by atoms with E-state index in [4.69, 9.17) is 5.73 Å². The van der Waals surface area contributed by atoms with Gasteiger partial charge in [-0.2, -0.15) is 0 Å². The van der Waals surface area contributed by atoms with Gasteiger partial charge in [0.1, 0.15) is 0 Å². The van der Waals surface area contributed by atoms with Gasteiger partial charge in [0, 0.05) is 12.5 Å². The molecule has 1 aliphatic carbocycles. The van der Waals surface area contributed by atoms with Gasteiger partial charge >= 0.3 is 0 Å². The average molecular weight is 256 g/mol. The van der Waals surface area contributed by atoms with Gasteiger partial charge in [-0.1, -0.05) is 67.3 Å². The molecule has 0 fully saturated rings. The normalized spacial score (nSPS) is 16.1. The Morgan fingerprint density at radius 1 is 0.944 bits per heavy atom. The van der Waals surface area contributed by atoms with Crippen molar-refractivity contribution in [3.05, 3.63) is 64.7 Å². The summed E-state index contributed by atoms with van der Waals surface area (Å²) in [6.45, 7) is 7.79. The molecular formula is C16H22NSi. The van der Waals surface area contributed by atoms with E-state index < -0.39 is 8.07 Å². The monoisotopic (exact) mass is 256 g/mol. The molecule has 0 aliphatic heterocycles. The summed E-state index contributed by atoms with van der Waals surface area (Å²) in [4.78, 5) is 0. The van der Waals surface area contributed by atoms with Crippen molar-refractivity contribution < 1.29 is 0 Å². The fourth-order valence-corrected chi connectivity index (χ4v) is 3.30. The fourth-order valence-electron chi connectivity index (χ4n) is 2.10. The van der Waals surface area contributed by atoms with Gasteiger partial charge in [0.05, 0.1) is 8.07 Å². The third-order valence-corrected chi connectivity index (χ3v) is 5.39. The van der Waals surface area contributed by atoms with Gasteiger partial charge in [0.2, 0.25) is 0 Å². The molecule has 0 heterocycles. The molecule has 2 heteroatoms. The number of hydrogen-bond donors (Lipinski definition) is 1. The molecule has 1 radical (unpaired) electrons. The molecule has 0 unspecified atom stereocenters. The molecule has 1 aliphatic rings. The van der Waals surface area contributed by atoms with Crippen molar-refractivity contribution in [2.75, 3.05) is 0 Å². The van der Waals surface area contributed by atoms with Crippen LogP contribution in [-0.2, 0) is 13.0 Å². The fraction of sp³-hybridized carbons (Fsp3) is 0.312. The Balaban J connectivity index is 2.03. The molecule has 0 atom stereocenters. The highest BCUT2D eigenvalue weighted by Gasteiger charge is 2.22. The molecule has 1 nitrogen and oxygen atoms in total. The lowest BCUT2D eigenvalue weighted by molar-refractivity contribution is 1.05. The van der Waals surface area contributed by atoms with Gasteiger partial charge in [0.25, 0.3) is 0 Å². The summed E-state index contributed by atoms with van der Waals surface area (Å²) in [7, 11) is -1.16. The quantitative estimate of drug-likeness (QED) is 0.818. The maximum Gasteiger partial charge on any atom is 0.0772 e. The van der Waals surface area contributed by atoms with Gasteiger partial charge in [-0.25, -0.2) is 0 Å². The minimum Gasteiger partial charge on any atom is -0.326 e. The van der Waals surface area contributed by atoms with E-state index in [2.05, 4.69) is 62.1 Å². The van der Waals surface area contributed by atoms with E-state index in [9.17, 15) is 0 Å². The van der Waals surface area contributed by atoms with Gasteiger partial charge in [-0.3, -0.25) is 0 Å². The van der Waals surface area contributed by atoms with Crippen molar-refractivity contribution in [2.24, 2.45) is 5.73 Å². The molecule has 0 saturated heterocycles. The van der Waals surface area contributed by atoms with Crippen LogP contribution in [0.3, 0.4) is 0 Å². The lowest BCUT2D eigenvalue weighted by Gasteiger charge is -2.15. The molecule has 18 heavy (non-hydrogen) atoms. The molecule has 2 rings (SSSR count). The number of allylic oxidation sites excluding steroid dienone is 4. The Bertz CT molecular complexity index is 463. The number of rotatable bonds is 4. The molecule has 0 spiro atoms. The van der Waals surface area contributed by atoms with Crippen molar-refractivity contribution in [1.82, 2.24) is 0 Å². The molecule has 95 valence electrons. The average Bonchev–Trinajstić information content (AvgIpc) is 2.78. The SMILES string of the molecule is C[Si](C)(C)C1=C[C](Cc2ccc(CN)cc2)C=C1. The minimum absolute atomic E-state index is 0.621. The Morgan fingerprint density at radius 2 is 1.56 bits per heavy atom. The van der Waals surface area contributed by atoms with Crippen LogP contribution in [0.4, 0.5) is 0 Å². The van der Waals surface area contributed by atoms with Crippen LogP contribution in [0.1, 0.15) is 11.1 Å². The molecule has 1 aromatic carbocycles. The summed E-state index contributed by atoms with van der Waals surface area (Å²) in [6, 6.07) is 8.61. The largest absolute Gasteiger partial charge is 0.326 e. The Kier molecular flexibility index (Phi) is 3.88. The Labute approximate surface area is 111 Å². The van der Waals surface area contributed by atoms with Crippen molar-refractivity contribution in [1.29, 1.82) is 0 Å². The molecule has 0 aromatic heterocycles. The second-order valence-electron chi connectivity index (χ2n) is 5.96. The van der Waals surface area contributed by atoms with Gasteiger partial charge in [0.15, 0.2) is 0 Å². The zero-order valence-electron chi connectivity index (χ0n) is 11.5. The van der Waals surface area contributed by atoms with Crippen LogP contribution >= 0.6 is 0 Å². The van der Waals surface area contributed by atoms with Crippen molar-refractivity contribution in [2.45, 2.75) is 32.6 Å². The Morgan fingerprint density at radius 3 is 2.06 bits per heavy atom. The molecule has 0 amide bonds. The maximum absolute atomic E-state index is 5.61. The topological polar surface area (TPSA) is 26.0 Å². The van der Waals surface area contributed by atoms with E-state index in [1.165, 1.54) is 17.0 Å². The summed E-state index contributed by atoms with van der Waals surface area (Å²) in [6.07, 6.45) is 7.97. The Hall–Kier alpha value is -1.12. The first kappa shape index (κ1) is 13.3. The highest BCUT2D eigenvalue weighted by Crippen LogP contribution is 2.28. The van der Waals surface area contributed by atoms with Crippen LogP contribution in [0.25, 0.3) is 0 Å². The van der Waals surface area contributed by atoms with Crippen LogP contribution in [0.2, 0.25) is 19.6 Å². The first-order valence-corrected chi connectivity index (χ1v) is 10.0. The zero-order chi connectivity index (χ0) is 13.2.